The third kappa shape index (κ3) is 3.12. The second-order valence-electron chi connectivity index (χ2n) is 4.56. The molecule has 0 aliphatic carbocycles. The van der Waals surface area contributed by atoms with Crippen molar-refractivity contribution in [3.05, 3.63) is 51.2 Å². The first-order valence-corrected chi connectivity index (χ1v) is 7.19. The van der Waals surface area contributed by atoms with E-state index in [2.05, 4.69) is 0 Å². The van der Waals surface area contributed by atoms with Gasteiger partial charge in [0.2, 0.25) is 0 Å². The van der Waals surface area contributed by atoms with Gasteiger partial charge in [-0.05, 0) is 32.0 Å². The molecule has 0 fully saturated rings. The number of furan rings is 1. The Morgan fingerprint density at radius 2 is 1.95 bits per heavy atom. The van der Waals surface area contributed by atoms with E-state index in [-0.39, 0.29) is 17.4 Å². The van der Waals surface area contributed by atoms with Crippen molar-refractivity contribution >= 4 is 23.2 Å². The first-order chi connectivity index (χ1) is 10.5. The fourth-order valence-electron chi connectivity index (χ4n) is 2.08. The third-order valence-corrected chi connectivity index (χ3v) is 3.62. The van der Waals surface area contributed by atoms with Crippen molar-refractivity contribution in [1.29, 1.82) is 0 Å². The van der Waals surface area contributed by atoms with Crippen LogP contribution in [0.2, 0.25) is 5.02 Å². The SMILES string of the molecule is CCN(CC)C(=O)c1ccc(-c2cc([N+](=O)[O-])ccc2Cl)o1. The summed E-state index contributed by atoms with van der Waals surface area (Å²) in [5.74, 6) is 0.281. The van der Waals surface area contributed by atoms with Crippen LogP contribution in [-0.2, 0) is 0 Å². The Kier molecular flexibility index (Phi) is 4.82. The van der Waals surface area contributed by atoms with E-state index >= 15 is 0 Å². The van der Waals surface area contributed by atoms with Gasteiger partial charge in [0, 0.05) is 30.8 Å². The molecular formula is C15H15ClN2O4. The molecule has 1 amide bonds. The van der Waals surface area contributed by atoms with Gasteiger partial charge in [-0.25, -0.2) is 0 Å². The Morgan fingerprint density at radius 1 is 1.27 bits per heavy atom. The quantitative estimate of drug-likeness (QED) is 0.616. The van der Waals surface area contributed by atoms with Crippen LogP contribution in [0.1, 0.15) is 24.4 Å². The highest BCUT2D eigenvalue weighted by molar-refractivity contribution is 6.33. The van der Waals surface area contributed by atoms with Gasteiger partial charge < -0.3 is 9.32 Å². The fourth-order valence-corrected chi connectivity index (χ4v) is 2.29. The number of amides is 1. The molecule has 22 heavy (non-hydrogen) atoms. The summed E-state index contributed by atoms with van der Waals surface area (Å²) in [6, 6.07) is 7.21. The number of rotatable bonds is 5. The zero-order valence-corrected chi connectivity index (χ0v) is 13.0. The van der Waals surface area contributed by atoms with E-state index in [0.29, 0.717) is 29.4 Å². The first-order valence-electron chi connectivity index (χ1n) is 6.81. The molecule has 7 heteroatoms. The molecule has 0 saturated heterocycles. The van der Waals surface area contributed by atoms with Gasteiger partial charge in [0.15, 0.2) is 5.76 Å². The first kappa shape index (κ1) is 16.0. The predicted molar refractivity (Wildman–Crippen MR) is 83.1 cm³/mol. The van der Waals surface area contributed by atoms with Crippen molar-refractivity contribution in [2.45, 2.75) is 13.8 Å². The Hall–Kier alpha value is -2.34. The highest BCUT2D eigenvalue weighted by Crippen LogP contribution is 2.32. The average Bonchev–Trinajstić information content (AvgIpc) is 2.98. The van der Waals surface area contributed by atoms with E-state index in [4.69, 9.17) is 16.0 Å². The molecule has 2 aromatic rings. The van der Waals surface area contributed by atoms with Crippen LogP contribution in [0.5, 0.6) is 0 Å². The summed E-state index contributed by atoms with van der Waals surface area (Å²) in [6.07, 6.45) is 0. The minimum Gasteiger partial charge on any atom is -0.451 e. The summed E-state index contributed by atoms with van der Waals surface area (Å²) >= 11 is 6.06. The lowest BCUT2D eigenvalue weighted by molar-refractivity contribution is -0.384. The zero-order chi connectivity index (χ0) is 16.3. The van der Waals surface area contributed by atoms with Gasteiger partial charge in [-0.3, -0.25) is 14.9 Å². The molecule has 0 bridgehead atoms. The zero-order valence-electron chi connectivity index (χ0n) is 12.2. The number of non-ortho nitro benzene ring substituents is 1. The summed E-state index contributed by atoms with van der Waals surface area (Å²) in [4.78, 5) is 24.2. The molecule has 0 saturated carbocycles. The van der Waals surface area contributed by atoms with E-state index < -0.39 is 4.92 Å². The van der Waals surface area contributed by atoms with Crippen molar-refractivity contribution in [2.24, 2.45) is 0 Å². The Bertz CT molecular complexity index is 707. The maximum Gasteiger partial charge on any atom is 0.289 e. The molecule has 0 aliphatic heterocycles. The summed E-state index contributed by atoms with van der Waals surface area (Å²) in [5.41, 5.74) is 0.293. The molecule has 1 heterocycles. The molecule has 0 aliphatic rings. The molecule has 1 aromatic carbocycles. The Balaban J connectivity index is 2.38. The standard InChI is InChI=1S/C15H15ClN2O4/c1-3-17(4-2)15(19)14-8-7-13(22-14)11-9-10(18(20)21)5-6-12(11)16/h5-9H,3-4H2,1-2H3. The van der Waals surface area contributed by atoms with Crippen molar-refractivity contribution < 1.29 is 14.1 Å². The number of nitro benzene ring substituents is 1. The van der Waals surface area contributed by atoms with Crippen LogP contribution >= 0.6 is 11.6 Å². The number of nitro groups is 1. The number of hydrogen-bond donors (Lipinski definition) is 0. The summed E-state index contributed by atoms with van der Waals surface area (Å²) in [7, 11) is 0. The summed E-state index contributed by atoms with van der Waals surface area (Å²) < 4.78 is 5.53. The van der Waals surface area contributed by atoms with Gasteiger partial charge in [-0.15, -0.1) is 0 Å². The number of halogens is 1. The lowest BCUT2D eigenvalue weighted by atomic mass is 10.1. The molecular weight excluding hydrogens is 308 g/mol. The van der Waals surface area contributed by atoms with E-state index in [1.54, 1.807) is 17.0 Å². The second kappa shape index (κ2) is 6.62. The number of hydrogen-bond acceptors (Lipinski definition) is 4. The number of carbonyl (C=O) groups is 1. The van der Waals surface area contributed by atoms with Crippen molar-refractivity contribution in [1.82, 2.24) is 4.90 Å². The molecule has 0 radical (unpaired) electrons. The van der Waals surface area contributed by atoms with Gasteiger partial charge in [0.25, 0.3) is 11.6 Å². The molecule has 0 N–H and O–H groups in total. The molecule has 1 aromatic heterocycles. The second-order valence-corrected chi connectivity index (χ2v) is 4.97. The minimum absolute atomic E-state index is 0.0904. The van der Waals surface area contributed by atoms with Crippen LogP contribution in [0.4, 0.5) is 5.69 Å². The number of benzene rings is 1. The monoisotopic (exact) mass is 322 g/mol. The van der Waals surface area contributed by atoms with Gasteiger partial charge in [0.1, 0.15) is 5.76 Å². The normalized spacial score (nSPS) is 10.5. The van der Waals surface area contributed by atoms with E-state index in [1.807, 2.05) is 13.8 Å². The van der Waals surface area contributed by atoms with Crippen molar-refractivity contribution in [2.75, 3.05) is 13.1 Å². The summed E-state index contributed by atoms with van der Waals surface area (Å²) in [5, 5.41) is 11.2. The maximum absolute atomic E-state index is 12.2. The van der Waals surface area contributed by atoms with E-state index in [1.165, 1.54) is 18.2 Å². The van der Waals surface area contributed by atoms with E-state index in [9.17, 15) is 14.9 Å². The van der Waals surface area contributed by atoms with Gasteiger partial charge in [-0.2, -0.15) is 0 Å². The van der Waals surface area contributed by atoms with Crippen molar-refractivity contribution in [3.8, 4) is 11.3 Å². The largest absolute Gasteiger partial charge is 0.451 e. The maximum atomic E-state index is 12.2. The molecule has 0 spiro atoms. The van der Waals surface area contributed by atoms with Gasteiger partial charge >= 0.3 is 0 Å². The average molecular weight is 323 g/mol. The molecule has 6 nitrogen and oxygen atoms in total. The van der Waals surface area contributed by atoms with Crippen LogP contribution in [0.3, 0.4) is 0 Å². The Morgan fingerprint density at radius 3 is 2.55 bits per heavy atom. The van der Waals surface area contributed by atoms with Crippen LogP contribution in [0, 0.1) is 10.1 Å². The topological polar surface area (TPSA) is 76.6 Å². The third-order valence-electron chi connectivity index (χ3n) is 3.29. The van der Waals surface area contributed by atoms with Gasteiger partial charge in [-0.1, -0.05) is 11.6 Å². The highest BCUT2D eigenvalue weighted by atomic mass is 35.5. The minimum atomic E-state index is -0.509. The number of nitrogens with zero attached hydrogens (tertiary/aromatic N) is 2. The van der Waals surface area contributed by atoms with Gasteiger partial charge in [0.05, 0.1) is 9.95 Å². The smallest absolute Gasteiger partial charge is 0.289 e. The van der Waals surface area contributed by atoms with Crippen LogP contribution in [0.15, 0.2) is 34.7 Å². The fraction of sp³-hybridized carbons (Fsp3) is 0.267. The lowest BCUT2D eigenvalue weighted by Crippen LogP contribution is -2.30. The molecule has 2 rings (SSSR count). The highest BCUT2D eigenvalue weighted by Gasteiger charge is 2.19. The summed E-state index contributed by atoms with van der Waals surface area (Å²) in [6.45, 7) is 4.90. The lowest BCUT2D eigenvalue weighted by Gasteiger charge is -2.16. The van der Waals surface area contributed by atoms with E-state index in [0.717, 1.165) is 0 Å². The molecule has 116 valence electrons. The van der Waals surface area contributed by atoms with Crippen LogP contribution in [-0.4, -0.2) is 28.8 Å². The predicted octanol–water partition coefficient (Wildman–Crippen LogP) is 3.99. The van der Waals surface area contributed by atoms with Crippen molar-refractivity contribution in [3.63, 3.8) is 0 Å². The van der Waals surface area contributed by atoms with Crippen LogP contribution < -0.4 is 0 Å². The molecule has 0 atom stereocenters. The number of carbonyl (C=O) groups excluding carboxylic acids is 1. The Labute approximate surface area is 132 Å². The molecule has 0 unspecified atom stereocenters. The van der Waals surface area contributed by atoms with Crippen LogP contribution in [0.25, 0.3) is 11.3 Å².